The van der Waals surface area contributed by atoms with Gasteiger partial charge in [0.1, 0.15) is 10.8 Å². The van der Waals surface area contributed by atoms with E-state index in [1.54, 1.807) is 31.4 Å². The molecule has 0 saturated carbocycles. The number of carbonyl (C=O) groups is 2. The Morgan fingerprint density at radius 3 is 2.77 bits per heavy atom. The molecule has 0 fully saturated rings. The lowest BCUT2D eigenvalue weighted by atomic mass is 10.2. The Labute approximate surface area is 183 Å². The average molecular weight is 445 g/mol. The number of anilines is 1. The van der Waals surface area contributed by atoms with Gasteiger partial charge in [0.25, 0.3) is 5.91 Å². The lowest BCUT2D eigenvalue weighted by Crippen LogP contribution is -2.22. The van der Waals surface area contributed by atoms with Gasteiger partial charge in [-0.1, -0.05) is 47.2 Å². The number of aromatic nitrogens is 2. The topological polar surface area (TPSA) is 93.2 Å². The van der Waals surface area contributed by atoms with Gasteiger partial charge in [-0.05, 0) is 30.7 Å². The number of hydrogen-bond donors (Lipinski definition) is 2. The van der Waals surface area contributed by atoms with E-state index in [4.69, 9.17) is 16.3 Å². The maximum absolute atomic E-state index is 12.3. The monoisotopic (exact) mass is 444 g/mol. The fourth-order valence-electron chi connectivity index (χ4n) is 2.73. The van der Waals surface area contributed by atoms with Gasteiger partial charge in [0, 0.05) is 35.7 Å². The summed E-state index contributed by atoms with van der Waals surface area (Å²) in [6.45, 7) is 0.412. The van der Waals surface area contributed by atoms with Crippen LogP contribution in [-0.4, -0.2) is 29.1 Å². The highest BCUT2D eigenvalue weighted by Gasteiger charge is 2.14. The molecule has 2 amide bonds. The first-order valence-corrected chi connectivity index (χ1v) is 10.5. The Morgan fingerprint density at radius 2 is 1.97 bits per heavy atom. The second-order valence-electron chi connectivity index (χ2n) is 6.41. The molecule has 3 aromatic rings. The van der Waals surface area contributed by atoms with Gasteiger partial charge in [-0.25, -0.2) is 0 Å². The van der Waals surface area contributed by atoms with E-state index in [1.807, 2.05) is 24.3 Å². The van der Waals surface area contributed by atoms with Crippen LogP contribution >= 0.6 is 22.9 Å². The molecule has 0 radical (unpaired) electrons. The van der Waals surface area contributed by atoms with Crippen molar-refractivity contribution in [2.45, 2.75) is 25.8 Å². The van der Waals surface area contributed by atoms with Crippen molar-refractivity contribution in [3.05, 3.63) is 69.1 Å². The third-order valence-corrected chi connectivity index (χ3v) is 5.42. The third kappa shape index (κ3) is 6.27. The van der Waals surface area contributed by atoms with Crippen LogP contribution in [0.5, 0.6) is 5.75 Å². The number of nitrogens with one attached hydrogen (secondary N) is 2. The van der Waals surface area contributed by atoms with Gasteiger partial charge < -0.3 is 15.4 Å². The van der Waals surface area contributed by atoms with Crippen LogP contribution < -0.4 is 15.4 Å². The first kappa shape index (κ1) is 21.7. The number of amides is 2. The molecule has 0 unspecified atom stereocenters. The van der Waals surface area contributed by atoms with E-state index in [1.165, 1.54) is 11.3 Å². The van der Waals surface area contributed by atoms with E-state index in [-0.39, 0.29) is 16.8 Å². The molecule has 3 rings (SSSR count). The van der Waals surface area contributed by atoms with Crippen LogP contribution in [0.3, 0.4) is 0 Å². The van der Waals surface area contributed by atoms with E-state index in [9.17, 15) is 9.59 Å². The summed E-state index contributed by atoms with van der Waals surface area (Å²) in [5.74, 6) is 0.357. The first-order valence-electron chi connectivity index (χ1n) is 9.33. The fourth-order valence-corrected chi connectivity index (χ4v) is 3.70. The maximum Gasteiger partial charge on any atom is 0.286 e. The molecular weight excluding hydrogens is 424 g/mol. The van der Waals surface area contributed by atoms with Gasteiger partial charge in [0.2, 0.25) is 10.9 Å². The predicted molar refractivity (Wildman–Crippen MR) is 117 cm³/mol. The zero-order valence-electron chi connectivity index (χ0n) is 16.4. The van der Waals surface area contributed by atoms with Crippen molar-refractivity contribution in [2.75, 3.05) is 12.4 Å². The van der Waals surface area contributed by atoms with E-state index >= 15 is 0 Å². The highest BCUT2D eigenvalue weighted by Crippen LogP contribution is 2.19. The van der Waals surface area contributed by atoms with E-state index in [0.717, 1.165) is 11.3 Å². The third-order valence-electron chi connectivity index (χ3n) is 4.21. The number of aryl methyl sites for hydroxylation is 1. The van der Waals surface area contributed by atoms with Gasteiger partial charge in [0.15, 0.2) is 0 Å². The first-order chi connectivity index (χ1) is 14.5. The molecule has 1 heterocycles. The molecule has 156 valence electrons. The molecule has 7 nitrogen and oxygen atoms in total. The molecule has 0 aliphatic carbocycles. The normalized spacial score (nSPS) is 10.5. The van der Waals surface area contributed by atoms with E-state index in [2.05, 4.69) is 20.8 Å². The molecule has 9 heteroatoms. The summed E-state index contributed by atoms with van der Waals surface area (Å²) >= 11 is 7.13. The molecule has 0 aliphatic rings. The van der Waals surface area contributed by atoms with Crippen molar-refractivity contribution in [3.63, 3.8) is 0 Å². The van der Waals surface area contributed by atoms with Crippen molar-refractivity contribution < 1.29 is 14.3 Å². The lowest BCUT2D eigenvalue weighted by Gasteiger charge is -2.09. The van der Waals surface area contributed by atoms with Crippen LogP contribution in [0.15, 0.2) is 48.5 Å². The van der Waals surface area contributed by atoms with Crippen LogP contribution in [0, 0.1) is 0 Å². The standard InChI is InChI=1S/C21H21ClN4O3S/c1-29-17-9-3-2-6-14(17)13-23-18(27)10-5-11-19-25-26-21(30-19)20(28)24-16-8-4-7-15(22)12-16/h2-4,6-9,12H,5,10-11,13H2,1H3,(H,23,27)(H,24,28). The number of para-hydroxylation sites is 1. The Morgan fingerprint density at radius 1 is 1.13 bits per heavy atom. The van der Waals surface area contributed by atoms with Crippen molar-refractivity contribution in [1.29, 1.82) is 0 Å². The van der Waals surface area contributed by atoms with E-state index < -0.39 is 0 Å². The Balaban J connectivity index is 1.42. The Bertz CT molecular complexity index is 1020. The second-order valence-corrected chi connectivity index (χ2v) is 7.91. The van der Waals surface area contributed by atoms with Gasteiger partial charge in [-0.15, -0.1) is 10.2 Å². The minimum atomic E-state index is -0.337. The predicted octanol–water partition coefficient (Wildman–Crippen LogP) is 4.09. The summed E-state index contributed by atoms with van der Waals surface area (Å²) in [6.07, 6.45) is 1.55. The number of methoxy groups -OCH3 is 1. The quantitative estimate of drug-likeness (QED) is 0.518. The summed E-state index contributed by atoms with van der Waals surface area (Å²) in [5, 5.41) is 15.1. The van der Waals surface area contributed by atoms with Crippen LogP contribution in [0.4, 0.5) is 5.69 Å². The Hall–Kier alpha value is -2.97. The SMILES string of the molecule is COc1ccccc1CNC(=O)CCCc1nnc(C(=O)Nc2cccc(Cl)c2)s1. The molecule has 0 bridgehead atoms. The fraction of sp³-hybridized carbons (Fsp3) is 0.238. The zero-order valence-corrected chi connectivity index (χ0v) is 17.9. The molecule has 0 aliphatic heterocycles. The van der Waals surface area contributed by atoms with E-state index in [0.29, 0.717) is 41.5 Å². The largest absolute Gasteiger partial charge is 0.496 e. The van der Waals surface area contributed by atoms with Gasteiger partial charge >= 0.3 is 0 Å². The number of hydrogen-bond acceptors (Lipinski definition) is 6. The summed E-state index contributed by atoms with van der Waals surface area (Å²) in [5.41, 5.74) is 1.52. The van der Waals surface area contributed by atoms with Crippen LogP contribution in [0.25, 0.3) is 0 Å². The highest BCUT2D eigenvalue weighted by molar-refractivity contribution is 7.13. The van der Waals surface area contributed by atoms with Crippen molar-refractivity contribution >= 4 is 40.4 Å². The molecular formula is C21H21ClN4O3S. The second kappa shape index (κ2) is 10.7. The molecule has 2 N–H and O–H groups in total. The summed E-state index contributed by atoms with van der Waals surface area (Å²) < 4.78 is 5.28. The minimum absolute atomic E-state index is 0.0515. The van der Waals surface area contributed by atoms with Crippen LogP contribution in [0.2, 0.25) is 5.02 Å². The zero-order chi connectivity index (χ0) is 21.3. The van der Waals surface area contributed by atoms with Crippen LogP contribution in [-0.2, 0) is 17.8 Å². The number of carbonyl (C=O) groups excluding carboxylic acids is 2. The molecule has 30 heavy (non-hydrogen) atoms. The average Bonchev–Trinajstić information content (AvgIpc) is 3.21. The molecule has 2 aromatic carbocycles. The van der Waals surface area contributed by atoms with Crippen LogP contribution in [0.1, 0.15) is 33.2 Å². The number of benzene rings is 2. The van der Waals surface area contributed by atoms with Crippen molar-refractivity contribution in [1.82, 2.24) is 15.5 Å². The van der Waals surface area contributed by atoms with Crippen molar-refractivity contribution in [2.24, 2.45) is 0 Å². The lowest BCUT2D eigenvalue weighted by molar-refractivity contribution is -0.121. The minimum Gasteiger partial charge on any atom is -0.496 e. The summed E-state index contributed by atoms with van der Waals surface area (Å²) in [4.78, 5) is 24.4. The number of ether oxygens (including phenoxy) is 1. The van der Waals surface area contributed by atoms with Crippen molar-refractivity contribution in [3.8, 4) is 5.75 Å². The molecule has 0 atom stereocenters. The number of rotatable bonds is 9. The van der Waals surface area contributed by atoms with Gasteiger partial charge in [-0.3, -0.25) is 9.59 Å². The smallest absolute Gasteiger partial charge is 0.286 e. The summed E-state index contributed by atoms with van der Waals surface area (Å²) in [6, 6.07) is 14.4. The maximum atomic E-state index is 12.3. The van der Waals surface area contributed by atoms with Gasteiger partial charge in [0.05, 0.1) is 7.11 Å². The Kier molecular flexibility index (Phi) is 7.75. The molecule has 0 saturated heterocycles. The number of nitrogens with zero attached hydrogens (tertiary/aromatic N) is 2. The molecule has 0 spiro atoms. The van der Waals surface area contributed by atoms with Gasteiger partial charge in [-0.2, -0.15) is 0 Å². The molecule has 1 aromatic heterocycles. The summed E-state index contributed by atoms with van der Waals surface area (Å²) in [7, 11) is 1.60. The number of halogens is 1. The highest BCUT2D eigenvalue weighted by atomic mass is 35.5.